The van der Waals surface area contributed by atoms with Gasteiger partial charge in [-0.2, -0.15) is 0 Å². The van der Waals surface area contributed by atoms with Crippen LogP contribution in [-0.4, -0.2) is 30.5 Å². The molecular formula is C14H20BrNO2. The van der Waals surface area contributed by atoms with Gasteiger partial charge in [0.25, 0.3) is 0 Å². The Labute approximate surface area is 117 Å². The molecule has 0 aliphatic heterocycles. The second-order valence-electron chi connectivity index (χ2n) is 5.01. The molecule has 2 N–H and O–H groups in total. The summed E-state index contributed by atoms with van der Waals surface area (Å²) in [5.41, 5.74) is 0.852. The van der Waals surface area contributed by atoms with Crippen molar-refractivity contribution in [1.29, 1.82) is 0 Å². The highest BCUT2D eigenvalue weighted by Crippen LogP contribution is 2.33. The Morgan fingerprint density at radius 2 is 2.17 bits per heavy atom. The van der Waals surface area contributed by atoms with Crippen LogP contribution in [0.2, 0.25) is 0 Å². The number of rotatable bonds is 4. The van der Waals surface area contributed by atoms with Gasteiger partial charge in [0.2, 0.25) is 0 Å². The number of hydrogen-bond donors (Lipinski definition) is 2. The molecule has 18 heavy (non-hydrogen) atoms. The van der Waals surface area contributed by atoms with Crippen molar-refractivity contribution < 1.29 is 9.84 Å². The molecule has 1 aromatic rings. The van der Waals surface area contributed by atoms with E-state index in [0.29, 0.717) is 6.10 Å². The highest BCUT2D eigenvalue weighted by atomic mass is 79.9. The summed E-state index contributed by atoms with van der Waals surface area (Å²) in [5, 5.41) is 13.2. The van der Waals surface area contributed by atoms with E-state index in [1.165, 1.54) is 0 Å². The number of halogens is 1. The van der Waals surface area contributed by atoms with Gasteiger partial charge >= 0.3 is 0 Å². The van der Waals surface area contributed by atoms with Crippen LogP contribution in [0.3, 0.4) is 0 Å². The van der Waals surface area contributed by atoms with Crippen molar-refractivity contribution in [3.05, 3.63) is 28.7 Å². The molecule has 0 aromatic heterocycles. The molecule has 4 heteroatoms. The van der Waals surface area contributed by atoms with E-state index in [4.69, 9.17) is 4.74 Å². The van der Waals surface area contributed by atoms with E-state index in [2.05, 4.69) is 21.2 Å². The monoisotopic (exact) mass is 313 g/mol. The van der Waals surface area contributed by atoms with Crippen LogP contribution in [0.5, 0.6) is 0 Å². The van der Waals surface area contributed by atoms with E-state index in [1.807, 2.05) is 24.3 Å². The maximum absolute atomic E-state index is 9.72. The van der Waals surface area contributed by atoms with Crippen molar-refractivity contribution in [2.45, 2.75) is 37.3 Å². The Bertz CT molecular complexity index is 389. The molecule has 3 nitrogen and oxygen atoms in total. The normalized spacial score (nSPS) is 28.1. The Hall–Kier alpha value is -0.580. The molecule has 0 bridgehead atoms. The van der Waals surface area contributed by atoms with E-state index in [-0.39, 0.29) is 12.1 Å². The predicted octanol–water partition coefficient (Wildman–Crippen LogP) is 3.18. The number of aliphatic hydroxyl groups excluding tert-OH is 1. The number of ether oxygens (including phenoxy) is 1. The summed E-state index contributed by atoms with van der Waals surface area (Å²) in [7, 11) is 1.76. The van der Waals surface area contributed by atoms with Gasteiger partial charge in [-0.05, 0) is 43.9 Å². The van der Waals surface area contributed by atoms with Crippen LogP contribution in [0.4, 0.5) is 5.69 Å². The molecule has 1 saturated carbocycles. The summed E-state index contributed by atoms with van der Waals surface area (Å²) in [6.07, 6.45) is 4.22. The molecule has 2 rings (SSSR count). The van der Waals surface area contributed by atoms with Crippen LogP contribution in [0.15, 0.2) is 28.7 Å². The Morgan fingerprint density at radius 3 is 2.72 bits per heavy atom. The molecule has 0 saturated heterocycles. The zero-order chi connectivity index (χ0) is 13.0. The molecule has 1 aliphatic rings. The molecule has 0 heterocycles. The molecule has 0 spiro atoms. The fourth-order valence-electron chi connectivity index (χ4n) is 2.57. The zero-order valence-corrected chi connectivity index (χ0v) is 12.2. The van der Waals surface area contributed by atoms with E-state index in [0.717, 1.165) is 35.8 Å². The molecule has 1 aromatic carbocycles. The molecule has 100 valence electrons. The average molecular weight is 314 g/mol. The van der Waals surface area contributed by atoms with Gasteiger partial charge in [0.15, 0.2) is 0 Å². The molecule has 0 radical (unpaired) electrons. The highest BCUT2D eigenvalue weighted by molar-refractivity contribution is 9.10. The quantitative estimate of drug-likeness (QED) is 0.897. The number of anilines is 1. The fraction of sp³-hybridized carbons (Fsp3) is 0.571. The van der Waals surface area contributed by atoms with Crippen molar-refractivity contribution in [2.75, 3.05) is 19.0 Å². The minimum atomic E-state index is -0.199. The SMILES string of the molecule is COC1CCC(CO)(Nc2cccc(Br)c2)CC1. The van der Waals surface area contributed by atoms with Gasteiger partial charge in [-0.15, -0.1) is 0 Å². The minimum Gasteiger partial charge on any atom is -0.394 e. The first kappa shape index (κ1) is 13.8. The summed E-state index contributed by atoms with van der Waals surface area (Å²) in [5.74, 6) is 0. The number of benzene rings is 1. The topological polar surface area (TPSA) is 41.5 Å². The maximum Gasteiger partial charge on any atom is 0.0661 e. The first-order valence-electron chi connectivity index (χ1n) is 6.35. The fourth-order valence-corrected chi connectivity index (χ4v) is 2.97. The van der Waals surface area contributed by atoms with Gasteiger partial charge < -0.3 is 15.2 Å². The molecule has 0 amide bonds. The lowest BCUT2D eigenvalue weighted by Gasteiger charge is -2.40. The summed E-state index contributed by atoms with van der Waals surface area (Å²) < 4.78 is 6.43. The van der Waals surface area contributed by atoms with Gasteiger partial charge in [0.1, 0.15) is 0 Å². The smallest absolute Gasteiger partial charge is 0.0661 e. The maximum atomic E-state index is 9.72. The molecule has 0 atom stereocenters. The average Bonchev–Trinajstić information content (AvgIpc) is 2.39. The van der Waals surface area contributed by atoms with Gasteiger partial charge in [-0.1, -0.05) is 22.0 Å². The van der Waals surface area contributed by atoms with Crippen LogP contribution in [-0.2, 0) is 4.74 Å². The number of methoxy groups -OCH3 is 1. The summed E-state index contributed by atoms with van der Waals surface area (Å²) >= 11 is 3.46. The zero-order valence-electron chi connectivity index (χ0n) is 10.7. The summed E-state index contributed by atoms with van der Waals surface area (Å²) in [6.45, 7) is 0.163. The van der Waals surface area contributed by atoms with Crippen LogP contribution in [0, 0.1) is 0 Å². The van der Waals surface area contributed by atoms with Crippen molar-refractivity contribution in [3.8, 4) is 0 Å². The predicted molar refractivity (Wildman–Crippen MR) is 76.8 cm³/mol. The number of hydrogen-bond acceptors (Lipinski definition) is 3. The van der Waals surface area contributed by atoms with Gasteiger partial charge in [-0.25, -0.2) is 0 Å². The third-order valence-corrected chi connectivity index (χ3v) is 4.25. The van der Waals surface area contributed by atoms with Crippen LogP contribution in [0.1, 0.15) is 25.7 Å². The van der Waals surface area contributed by atoms with Crippen LogP contribution >= 0.6 is 15.9 Å². The lowest BCUT2D eigenvalue weighted by molar-refractivity contribution is 0.0411. The third-order valence-electron chi connectivity index (χ3n) is 3.76. The third kappa shape index (κ3) is 3.25. The second-order valence-corrected chi connectivity index (χ2v) is 5.92. The first-order chi connectivity index (χ1) is 8.67. The molecule has 1 fully saturated rings. The Kier molecular flexibility index (Phi) is 4.65. The Morgan fingerprint density at radius 1 is 1.44 bits per heavy atom. The van der Waals surface area contributed by atoms with Crippen molar-refractivity contribution in [1.82, 2.24) is 0 Å². The van der Waals surface area contributed by atoms with E-state index in [1.54, 1.807) is 7.11 Å². The van der Waals surface area contributed by atoms with Crippen LogP contribution in [0.25, 0.3) is 0 Å². The standard InChI is InChI=1S/C14H20BrNO2/c1-18-13-5-7-14(10-17,8-6-13)16-12-4-2-3-11(15)9-12/h2-4,9,13,16-17H,5-8,10H2,1H3. The van der Waals surface area contributed by atoms with Crippen molar-refractivity contribution in [2.24, 2.45) is 0 Å². The second kappa shape index (κ2) is 6.04. The van der Waals surface area contributed by atoms with E-state index in [9.17, 15) is 5.11 Å². The van der Waals surface area contributed by atoms with E-state index < -0.39 is 0 Å². The van der Waals surface area contributed by atoms with Gasteiger partial charge in [0, 0.05) is 17.3 Å². The molecule has 1 aliphatic carbocycles. The number of aliphatic hydroxyl groups is 1. The van der Waals surface area contributed by atoms with Crippen LogP contribution < -0.4 is 5.32 Å². The van der Waals surface area contributed by atoms with Crippen molar-refractivity contribution in [3.63, 3.8) is 0 Å². The molecular weight excluding hydrogens is 294 g/mol. The lowest BCUT2D eigenvalue weighted by atomic mass is 9.80. The first-order valence-corrected chi connectivity index (χ1v) is 7.14. The largest absolute Gasteiger partial charge is 0.394 e. The minimum absolute atomic E-state index is 0.163. The van der Waals surface area contributed by atoms with E-state index >= 15 is 0 Å². The van der Waals surface area contributed by atoms with Gasteiger partial charge in [-0.3, -0.25) is 0 Å². The molecule has 0 unspecified atom stereocenters. The number of nitrogens with one attached hydrogen (secondary N) is 1. The van der Waals surface area contributed by atoms with Crippen molar-refractivity contribution >= 4 is 21.6 Å². The Balaban J connectivity index is 2.05. The lowest BCUT2D eigenvalue weighted by Crippen LogP contribution is -2.46. The van der Waals surface area contributed by atoms with Gasteiger partial charge in [0.05, 0.1) is 18.2 Å². The summed E-state index contributed by atoms with van der Waals surface area (Å²) in [4.78, 5) is 0. The highest BCUT2D eigenvalue weighted by Gasteiger charge is 2.34. The summed E-state index contributed by atoms with van der Waals surface area (Å²) in [6, 6.07) is 8.07.